The summed E-state index contributed by atoms with van der Waals surface area (Å²) in [5.41, 5.74) is 0.836. The number of fused-ring (bicyclic) bond motifs is 2. The van der Waals surface area contributed by atoms with Gasteiger partial charge < -0.3 is 35.0 Å². The topological polar surface area (TPSA) is 120 Å². The molecule has 0 radical (unpaired) electrons. The van der Waals surface area contributed by atoms with Crippen molar-refractivity contribution in [1.82, 2.24) is 0 Å². The number of halogens is 1. The maximum atomic E-state index is 11.1. The van der Waals surface area contributed by atoms with E-state index in [4.69, 9.17) is 21.1 Å². The highest BCUT2D eigenvalue weighted by atomic mass is 35.5. The van der Waals surface area contributed by atoms with Gasteiger partial charge in [-0.05, 0) is 48.6 Å². The molecule has 2 aliphatic rings. The molecule has 2 aromatic carbocycles. The summed E-state index contributed by atoms with van der Waals surface area (Å²) in [6.45, 7) is 2.82. The highest BCUT2D eigenvalue weighted by Crippen LogP contribution is 2.52. The van der Waals surface area contributed by atoms with Crippen LogP contribution in [0.5, 0.6) is 5.75 Å². The molecular formula is C25H31ClO7. The Morgan fingerprint density at radius 2 is 1.70 bits per heavy atom. The Morgan fingerprint density at radius 3 is 2.30 bits per heavy atom. The first kappa shape index (κ1) is 24.4. The normalized spacial score (nSPS) is 33.6. The molecule has 2 heterocycles. The van der Waals surface area contributed by atoms with Crippen LogP contribution in [0.3, 0.4) is 0 Å². The molecule has 33 heavy (non-hydrogen) atoms. The minimum absolute atomic E-state index is 0.00276. The van der Waals surface area contributed by atoms with Gasteiger partial charge in [0.15, 0.2) is 0 Å². The maximum absolute atomic E-state index is 11.1. The highest BCUT2D eigenvalue weighted by Gasteiger charge is 2.60. The van der Waals surface area contributed by atoms with Gasteiger partial charge in [0.2, 0.25) is 0 Å². The van der Waals surface area contributed by atoms with E-state index in [0.29, 0.717) is 22.8 Å². The molecule has 0 saturated carbocycles. The zero-order valence-electron chi connectivity index (χ0n) is 18.7. The Balaban J connectivity index is 1.82. The molecule has 2 aliphatic heterocycles. The average Bonchev–Trinajstić information content (AvgIpc) is 2.81. The molecule has 4 rings (SSSR count). The smallest absolute Gasteiger partial charge is 0.132 e. The summed E-state index contributed by atoms with van der Waals surface area (Å²) in [4.78, 5) is 0. The molecule has 2 unspecified atom stereocenters. The van der Waals surface area contributed by atoms with Crippen LogP contribution in [0.25, 0.3) is 0 Å². The lowest BCUT2D eigenvalue weighted by Gasteiger charge is -2.54. The van der Waals surface area contributed by atoms with Gasteiger partial charge in [-0.25, -0.2) is 0 Å². The van der Waals surface area contributed by atoms with E-state index in [-0.39, 0.29) is 13.0 Å². The van der Waals surface area contributed by atoms with Crippen molar-refractivity contribution in [1.29, 1.82) is 0 Å². The van der Waals surface area contributed by atoms with Crippen molar-refractivity contribution in [3.05, 3.63) is 63.7 Å². The average molecular weight is 479 g/mol. The number of aliphatic hydroxyl groups is 5. The van der Waals surface area contributed by atoms with Crippen LogP contribution in [0.15, 0.2) is 36.4 Å². The number of hydrogen-bond acceptors (Lipinski definition) is 7. The van der Waals surface area contributed by atoms with Crippen molar-refractivity contribution in [3.8, 4) is 5.75 Å². The third-order valence-corrected chi connectivity index (χ3v) is 7.18. The van der Waals surface area contributed by atoms with Gasteiger partial charge in [0.25, 0.3) is 0 Å². The van der Waals surface area contributed by atoms with Gasteiger partial charge in [0.05, 0.1) is 13.2 Å². The van der Waals surface area contributed by atoms with Crippen molar-refractivity contribution in [2.75, 3.05) is 13.2 Å². The minimum atomic E-state index is -1.56. The minimum Gasteiger partial charge on any atom is -0.485 e. The Hall–Kier alpha value is -1.71. The summed E-state index contributed by atoms with van der Waals surface area (Å²) >= 11 is 6.60. The molecular weight excluding hydrogens is 448 g/mol. The van der Waals surface area contributed by atoms with E-state index in [2.05, 4.69) is 19.1 Å². The van der Waals surface area contributed by atoms with E-state index in [9.17, 15) is 25.5 Å². The SMILES string of the molecule is CCc1ccc(Cc2cc3c(cc2Cl)OC(C)(CO)CC32O[C@H](CO)[C@@H](O)[C@H](O)[C@H]2O)cc1. The largest absolute Gasteiger partial charge is 0.485 e. The van der Waals surface area contributed by atoms with Gasteiger partial charge in [-0.2, -0.15) is 0 Å². The summed E-state index contributed by atoms with van der Waals surface area (Å²) in [5.74, 6) is 0.312. The summed E-state index contributed by atoms with van der Waals surface area (Å²) in [5, 5.41) is 52.3. The molecule has 0 amide bonds. The standard InChI is InChI=1S/C25H31ClO7/c1-3-14-4-6-15(7-5-14)8-16-9-17-19(10-18(16)26)32-24(2,13-28)12-25(17)23(31)22(30)21(29)20(11-27)33-25/h4-7,9-10,20-23,27-31H,3,8,11-13H2,1-2H3/t20-,21-,22+,23-,24?,25?/m1/s1. The molecule has 1 fully saturated rings. The summed E-state index contributed by atoms with van der Waals surface area (Å²) in [7, 11) is 0. The number of aryl methyl sites for hydroxylation is 1. The first-order valence-electron chi connectivity index (χ1n) is 11.2. The number of benzene rings is 2. The van der Waals surface area contributed by atoms with E-state index >= 15 is 0 Å². The fourth-order valence-electron chi connectivity index (χ4n) is 4.91. The second kappa shape index (κ2) is 9.15. The van der Waals surface area contributed by atoms with Crippen LogP contribution in [0.2, 0.25) is 5.02 Å². The lowest BCUT2D eigenvalue weighted by Crippen LogP contribution is -2.67. The Morgan fingerprint density at radius 1 is 1.03 bits per heavy atom. The van der Waals surface area contributed by atoms with E-state index in [0.717, 1.165) is 17.5 Å². The third kappa shape index (κ3) is 4.28. The molecule has 180 valence electrons. The number of ether oxygens (including phenoxy) is 2. The fourth-order valence-corrected chi connectivity index (χ4v) is 5.13. The van der Waals surface area contributed by atoms with Crippen LogP contribution < -0.4 is 4.74 Å². The molecule has 0 aliphatic carbocycles. The predicted octanol–water partition coefficient (Wildman–Crippen LogP) is 1.70. The molecule has 1 saturated heterocycles. The summed E-state index contributed by atoms with van der Waals surface area (Å²) in [6.07, 6.45) is -4.22. The quantitative estimate of drug-likeness (QED) is 0.443. The second-order valence-corrected chi connectivity index (χ2v) is 9.74. The van der Waals surface area contributed by atoms with E-state index in [1.54, 1.807) is 19.1 Å². The second-order valence-electron chi connectivity index (χ2n) is 9.33. The predicted molar refractivity (Wildman–Crippen MR) is 122 cm³/mol. The number of aliphatic hydroxyl groups excluding tert-OH is 5. The molecule has 6 atom stereocenters. The van der Waals surface area contributed by atoms with Gasteiger partial charge in [-0.3, -0.25) is 0 Å². The fraction of sp³-hybridized carbons (Fsp3) is 0.520. The van der Waals surface area contributed by atoms with Crippen molar-refractivity contribution < 1.29 is 35.0 Å². The highest BCUT2D eigenvalue weighted by molar-refractivity contribution is 6.31. The molecule has 5 N–H and O–H groups in total. The van der Waals surface area contributed by atoms with Crippen molar-refractivity contribution in [3.63, 3.8) is 0 Å². The van der Waals surface area contributed by atoms with E-state index in [1.807, 2.05) is 12.1 Å². The zero-order chi connectivity index (χ0) is 24.0. The van der Waals surface area contributed by atoms with E-state index in [1.165, 1.54) is 5.56 Å². The van der Waals surface area contributed by atoms with Gasteiger partial charge in [0, 0.05) is 17.0 Å². The van der Waals surface area contributed by atoms with Crippen LogP contribution in [0.1, 0.15) is 42.5 Å². The Labute approximate surface area is 198 Å². The molecule has 7 nitrogen and oxygen atoms in total. The first-order valence-corrected chi connectivity index (χ1v) is 11.6. The third-order valence-electron chi connectivity index (χ3n) is 6.83. The monoisotopic (exact) mass is 478 g/mol. The van der Waals surface area contributed by atoms with Gasteiger partial charge in [0.1, 0.15) is 41.4 Å². The van der Waals surface area contributed by atoms with Crippen molar-refractivity contribution in [2.24, 2.45) is 0 Å². The van der Waals surface area contributed by atoms with Crippen LogP contribution >= 0.6 is 11.6 Å². The lowest BCUT2D eigenvalue weighted by molar-refractivity contribution is -0.296. The summed E-state index contributed by atoms with van der Waals surface area (Å²) < 4.78 is 12.2. The molecule has 8 heteroatoms. The molecule has 0 aromatic heterocycles. The van der Waals surface area contributed by atoms with Crippen molar-refractivity contribution in [2.45, 2.75) is 68.7 Å². The molecule has 1 spiro atoms. The van der Waals surface area contributed by atoms with Gasteiger partial charge in [-0.15, -0.1) is 0 Å². The summed E-state index contributed by atoms with van der Waals surface area (Å²) in [6, 6.07) is 11.6. The van der Waals surface area contributed by atoms with Gasteiger partial charge >= 0.3 is 0 Å². The van der Waals surface area contributed by atoms with Crippen LogP contribution in [0, 0.1) is 0 Å². The Kier molecular flexibility index (Phi) is 6.77. The number of hydrogen-bond donors (Lipinski definition) is 5. The first-order chi connectivity index (χ1) is 15.7. The van der Waals surface area contributed by atoms with E-state index < -0.39 is 42.2 Å². The molecule has 0 bridgehead atoms. The number of rotatable bonds is 5. The van der Waals surface area contributed by atoms with Gasteiger partial charge in [-0.1, -0.05) is 42.8 Å². The zero-order valence-corrected chi connectivity index (χ0v) is 19.5. The molecule has 2 aromatic rings. The van der Waals surface area contributed by atoms with Crippen LogP contribution in [-0.2, 0) is 23.2 Å². The van der Waals surface area contributed by atoms with Crippen LogP contribution in [-0.4, -0.2) is 68.8 Å². The van der Waals surface area contributed by atoms with Crippen molar-refractivity contribution >= 4 is 11.6 Å². The Bertz CT molecular complexity index is 995. The lowest BCUT2D eigenvalue weighted by atomic mass is 9.71. The maximum Gasteiger partial charge on any atom is 0.132 e. The van der Waals surface area contributed by atoms with Crippen LogP contribution in [0.4, 0.5) is 0 Å².